The van der Waals surface area contributed by atoms with E-state index in [1.807, 2.05) is 45.3 Å². The Morgan fingerprint density at radius 2 is 1.95 bits per heavy atom. The zero-order valence-electron chi connectivity index (χ0n) is 20.1. The number of sulfonamides is 1. The molecule has 0 spiro atoms. The van der Waals surface area contributed by atoms with Crippen molar-refractivity contribution in [3.8, 4) is 5.75 Å². The van der Waals surface area contributed by atoms with Crippen LogP contribution in [0.3, 0.4) is 0 Å². The van der Waals surface area contributed by atoms with Gasteiger partial charge in [-0.1, -0.05) is 23.1 Å². The highest BCUT2D eigenvalue weighted by molar-refractivity contribution is 8.04. The first-order chi connectivity index (χ1) is 17.9. The number of carbonyl (C=O) groups is 1. The van der Waals surface area contributed by atoms with Crippen LogP contribution in [0.2, 0.25) is 0 Å². The van der Waals surface area contributed by atoms with Crippen LogP contribution in [0.15, 0.2) is 51.7 Å². The molecule has 0 bridgehead atoms. The van der Waals surface area contributed by atoms with Crippen LogP contribution < -0.4 is 18.9 Å². The molecule has 0 aliphatic carbocycles. The first-order valence-corrected chi connectivity index (χ1v) is 17.1. The van der Waals surface area contributed by atoms with E-state index in [-0.39, 0.29) is 13.1 Å². The number of nitrogens with one attached hydrogen (secondary N) is 1. The van der Waals surface area contributed by atoms with Crippen LogP contribution in [0.5, 0.6) is 5.75 Å². The van der Waals surface area contributed by atoms with Crippen molar-refractivity contribution in [1.82, 2.24) is 4.72 Å². The minimum atomic E-state index is -4.21. The Hall–Kier alpha value is -2.69. The second-order valence-corrected chi connectivity index (χ2v) is 14.9. The van der Waals surface area contributed by atoms with E-state index in [4.69, 9.17) is 4.74 Å². The number of amides is 1. The molecular weight excluding hydrogens is 591 g/mol. The Labute approximate surface area is 231 Å². The molecule has 5 rings (SSSR count). The minimum absolute atomic E-state index is 0.0226. The highest BCUT2D eigenvalue weighted by atomic mass is 32.2. The number of anilines is 1. The van der Waals surface area contributed by atoms with Crippen molar-refractivity contribution in [2.45, 2.75) is 11.4 Å². The molecule has 15 heteroatoms. The van der Waals surface area contributed by atoms with E-state index < -0.39 is 31.8 Å². The van der Waals surface area contributed by atoms with Crippen LogP contribution in [0.1, 0.15) is 5.01 Å². The maximum Gasteiger partial charge on any atom is 0.299 e. The monoisotopic (exact) mass is 612 g/mol. The van der Waals surface area contributed by atoms with E-state index in [1.165, 1.54) is 30.2 Å². The Bertz CT molecular complexity index is 1820. The van der Waals surface area contributed by atoms with Gasteiger partial charge < -0.3 is 9.64 Å². The Balaban J connectivity index is 1.62. The van der Waals surface area contributed by atoms with Crippen LogP contribution >= 0.6 is 34.4 Å². The number of nitrogens with zero attached hydrogens (tertiary/aromatic N) is 2. The third-order valence-electron chi connectivity index (χ3n) is 5.66. The average Bonchev–Trinajstić information content (AvgIpc) is 3.49. The number of aromatic nitrogens is 1. The molecule has 2 aromatic heterocycles. The molecule has 0 saturated carbocycles. The number of ether oxygens (including phenoxy) is 1. The summed E-state index contributed by atoms with van der Waals surface area (Å²) in [5, 5.41) is 4.40. The molecular formula is C23H22N3O7S5+. The second-order valence-electron chi connectivity index (χ2n) is 8.46. The van der Waals surface area contributed by atoms with Gasteiger partial charge in [-0.2, -0.15) is 13.0 Å². The van der Waals surface area contributed by atoms with E-state index in [0.29, 0.717) is 21.3 Å². The molecule has 1 amide bonds. The lowest BCUT2D eigenvalue weighted by Gasteiger charge is -2.19. The summed E-state index contributed by atoms with van der Waals surface area (Å²) in [7, 11) is -6.43. The smallest absolute Gasteiger partial charge is 0.299 e. The van der Waals surface area contributed by atoms with Crippen LogP contribution in [0.4, 0.5) is 5.69 Å². The molecule has 200 valence electrons. The molecule has 0 radical (unpaired) electrons. The number of fused-ring (bicyclic) bond motifs is 3. The van der Waals surface area contributed by atoms with Gasteiger partial charge in [0.2, 0.25) is 22.1 Å². The van der Waals surface area contributed by atoms with Crippen molar-refractivity contribution in [2.24, 2.45) is 0 Å². The van der Waals surface area contributed by atoms with Crippen LogP contribution in [0, 0.1) is 0 Å². The first kappa shape index (κ1) is 26.9. The number of hydrogen-bond acceptors (Lipinski definition) is 10. The molecule has 1 aliphatic heterocycles. The standard InChI is InChI=1S/C23H21N3O7S5/c1-33-15-3-4-18-16(10-15)26(13-21(27)24-37(2,28)29)23(35-18)12-22-25(6-8-38(30,31)32)17-11-19-14(5-7-34-19)9-20(17)36-22/h3-5,7,9-12H,6,8,13H2,1-2H3,(H-,24,27,30,31,32)/p+1. The van der Waals surface area contributed by atoms with Crippen molar-refractivity contribution in [3.05, 3.63) is 51.8 Å². The highest BCUT2D eigenvalue weighted by Gasteiger charge is 2.30. The summed E-state index contributed by atoms with van der Waals surface area (Å²) in [4.78, 5) is 15.4. The molecule has 0 atom stereocenters. The fraction of sp³-hybridized carbons (Fsp3) is 0.217. The fourth-order valence-corrected chi connectivity index (χ4v) is 8.07. The molecule has 1 aliphatic rings. The molecule has 2 aromatic carbocycles. The van der Waals surface area contributed by atoms with Gasteiger partial charge in [-0.05, 0) is 41.1 Å². The zero-order chi connectivity index (χ0) is 27.2. The summed E-state index contributed by atoms with van der Waals surface area (Å²) in [6.07, 6.45) is 2.76. The molecule has 0 fully saturated rings. The van der Waals surface area contributed by atoms with Crippen LogP contribution in [-0.4, -0.2) is 53.0 Å². The molecule has 3 heterocycles. The van der Waals surface area contributed by atoms with Crippen molar-refractivity contribution in [2.75, 3.05) is 30.6 Å². The fourth-order valence-electron chi connectivity index (χ4n) is 4.07. The SMILES string of the molecule is COc1ccc2sc(C=C3Sc4cc5ccsc5cc4N3CCS(=O)(=O)O)[n+](CC(=O)NS(C)(=O)=O)c2c1. The van der Waals surface area contributed by atoms with Gasteiger partial charge in [0.05, 0.1) is 42.0 Å². The van der Waals surface area contributed by atoms with E-state index in [2.05, 4.69) is 0 Å². The predicted octanol–water partition coefficient (Wildman–Crippen LogP) is 3.29. The van der Waals surface area contributed by atoms with Gasteiger partial charge in [-0.3, -0.25) is 9.35 Å². The maximum atomic E-state index is 12.6. The van der Waals surface area contributed by atoms with Crippen LogP contribution in [0.25, 0.3) is 26.4 Å². The topological polar surface area (TPSA) is 134 Å². The van der Waals surface area contributed by atoms with E-state index >= 15 is 0 Å². The van der Waals surface area contributed by atoms with E-state index in [1.54, 1.807) is 28.0 Å². The summed E-state index contributed by atoms with van der Waals surface area (Å²) in [6, 6.07) is 11.5. The third-order valence-corrected chi connectivity index (χ3v) is 10.0. The lowest BCUT2D eigenvalue weighted by atomic mass is 10.2. The number of hydrogen-bond donors (Lipinski definition) is 2. The summed E-state index contributed by atoms with van der Waals surface area (Å²) in [5.74, 6) is -0.595. The van der Waals surface area contributed by atoms with Gasteiger partial charge in [0, 0.05) is 16.1 Å². The maximum absolute atomic E-state index is 12.6. The molecule has 2 N–H and O–H groups in total. The quantitative estimate of drug-likeness (QED) is 0.227. The van der Waals surface area contributed by atoms with Gasteiger partial charge in [-0.15, -0.1) is 11.3 Å². The molecule has 38 heavy (non-hydrogen) atoms. The van der Waals surface area contributed by atoms with Gasteiger partial charge in [0.1, 0.15) is 10.4 Å². The number of carbonyl (C=O) groups excluding carboxylic acids is 1. The van der Waals surface area contributed by atoms with Gasteiger partial charge in [0.15, 0.2) is 0 Å². The van der Waals surface area contributed by atoms with E-state index in [9.17, 15) is 26.2 Å². The normalized spacial score (nSPS) is 14.9. The summed E-state index contributed by atoms with van der Waals surface area (Å²) in [6.45, 7) is -0.244. The summed E-state index contributed by atoms with van der Waals surface area (Å²) in [5.41, 5.74) is 1.50. The van der Waals surface area contributed by atoms with Gasteiger partial charge in [0.25, 0.3) is 21.0 Å². The number of thiophene rings is 1. The van der Waals surface area contributed by atoms with Crippen molar-refractivity contribution in [1.29, 1.82) is 0 Å². The summed E-state index contributed by atoms with van der Waals surface area (Å²) >= 11 is 4.42. The number of thiazole rings is 1. The third kappa shape index (κ3) is 5.82. The molecule has 4 aromatic rings. The molecule has 10 nitrogen and oxygen atoms in total. The van der Waals surface area contributed by atoms with Crippen molar-refractivity contribution >= 4 is 92.6 Å². The Kier molecular flexibility index (Phi) is 7.17. The van der Waals surface area contributed by atoms with Gasteiger partial charge in [-0.25, -0.2) is 13.1 Å². The zero-order valence-corrected chi connectivity index (χ0v) is 24.2. The largest absolute Gasteiger partial charge is 0.497 e. The first-order valence-electron chi connectivity index (χ1n) is 11.0. The number of thioether (sulfide) groups is 1. The molecule has 0 unspecified atom stereocenters. The molecule has 0 saturated heterocycles. The average molecular weight is 613 g/mol. The van der Waals surface area contributed by atoms with Gasteiger partial charge >= 0.3 is 0 Å². The van der Waals surface area contributed by atoms with E-state index in [0.717, 1.165) is 31.6 Å². The predicted molar refractivity (Wildman–Crippen MR) is 151 cm³/mol. The Morgan fingerprint density at radius 3 is 2.66 bits per heavy atom. The summed E-state index contributed by atoms with van der Waals surface area (Å²) < 4.78 is 66.9. The Morgan fingerprint density at radius 1 is 1.16 bits per heavy atom. The minimum Gasteiger partial charge on any atom is -0.497 e. The number of rotatable bonds is 8. The lowest BCUT2D eigenvalue weighted by Crippen LogP contribution is -2.45. The van der Waals surface area contributed by atoms with Crippen LogP contribution in [-0.2, 0) is 31.5 Å². The number of benzene rings is 2. The van der Waals surface area contributed by atoms with Crippen molar-refractivity contribution in [3.63, 3.8) is 0 Å². The lowest BCUT2D eigenvalue weighted by molar-refractivity contribution is -0.655. The second kappa shape index (κ2) is 10.1. The highest BCUT2D eigenvalue weighted by Crippen LogP contribution is 2.49. The van der Waals surface area contributed by atoms with Crippen molar-refractivity contribution < 1.29 is 35.5 Å². The number of methoxy groups -OCH3 is 1.